The van der Waals surface area contributed by atoms with Gasteiger partial charge in [0.1, 0.15) is 11.6 Å². The molecule has 0 aliphatic rings. The predicted octanol–water partition coefficient (Wildman–Crippen LogP) is 2.45. The zero-order valence-electron chi connectivity index (χ0n) is 12.3. The average molecular weight is 274 g/mol. The summed E-state index contributed by atoms with van der Waals surface area (Å²) < 4.78 is 5.33. The van der Waals surface area contributed by atoms with Crippen LogP contribution in [0, 0.1) is 5.92 Å². The van der Waals surface area contributed by atoms with Crippen molar-refractivity contribution >= 4 is 5.82 Å². The minimum Gasteiger partial charge on any atom is -0.467 e. The summed E-state index contributed by atoms with van der Waals surface area (Å²) in [4.78, 5) is 10.9. The second kappa shape index (κ2) is 7.05. The largest absolute Gasteiger partial charge is 0.467 e. The van der Waals surface area contributed by atoms with Crippen LogP contribution in [0.4, 0.5) is 5.82 Å². The molecule has 0 saturated carbocycles. The molecule has 0 saturated heterocycles. The molecule has 0 aliphatic carbocycles. The topological polar surface area (TPSA) is 54.2 Å². The van der Waals surface area contributed by atoms with Crippen molar-refractivity contribution in [3.63, 3.8) is 0 Å². The summed E-state index contributed by atoms with van der Waals surface area (Å²) in [5, 5.41) is 3.36. The van der Waals surface area contributed by atoms with E-state index >= 15 is 0 Å². The highest BCUT2D eigenvalue weighted by Gasteiger charge is 2.06. The van der Waals surface area contributed by atoms with Gasteiger partial charge in [-0.25, -0.2) is 4.98 Å². The Labute approximate surface area is 120 Å². The van der Waals surface area contributed by atoms with Crippen LogP contribution in [-0.2, 0) is 13.1 Å². The van der Waals surface area contributed by atoms with Crippen LogP contribution >= 0.6 is 0 Å². The van der Waals surface area contributed by atoms with Crippen molar-refractivity contribution < 1.29 is 4.42 Å². The maximum atomic E-state index is 5.33. The standard InChI is InChI=1S/C15H22N4O/c1-12(2)7-16-8-13-9-18-15(10-17-13)19(3)11-14-5-4-6-20-14/h4-6,9-10,12,16H,7-8,11H2,1-3H3. The average Bonchev–Trinajstić information content (AvgIpc) is 2.92. The highest BCUT2D eigenvalue weighted by Crippen LogP contribution is 2.11. The first-order valence-electron chi connectivity index (χ1n) is 6.90. The number of furan rings is 1. The number of nitrogens with one attached hydrogen (secondary N) is 1. The minimum atomic E-state index is 0.640. The molecule has 0 amide bonds. The molecule has 0 radical (unpaired) electrons. The molecule has 0 spiro atoms. The first kappa shape index (κ1) is 14.5. The van der Waals surface area contributed by atoms with Crippen LogP contribution in [0.1, 0.15) is 25.3 Å². The van der Waals surface area contributed by atoms with E-state index in [0.29, 0.717) is 12.5 Å². The summed E-state index contributed by atoms with van der Waals surface area (Å²) in [6.07, 6.45) is 5.30. The molecule has 0 atom stereocenters. The third-order valence-electron chi connectivity index (χ3n) is 2.91. The Balaban J connectivity index is 1.87. The smallest absolute Gasteiger partial charge is 0.147 e. The monoisotopic (exact) mass is 274 g/mol. The van der Waals surface area contributed by atoms with Gasteiger partial charge in [-0.2, -0.15) is 0 Å². The van der Waals surface area contributed by atoms with Gasteiger partial charge in [0.2, 0.25) is 0 Å². The van der Waals surface area contributed by atoms with Gasteiger partial charge in [0.05, 0.1) is 30.9 Å². The molecular formula is C15H22N4O. The molecule has 0 bridgehead atoms. The zero-order chi connectivity index (χ0) is 14.4. The predicted molar refractivity (Wildman–Crippen MR) is 79.4 cm³/mol. The number of nitrogens with zero attached hydrogens (tertiary/aromatic N) is 3. The Hall–Kier alpha value is -1.88. The van der Waals surface area contributed by atoms with Crippen LogP contribution in [-0.4, -0.2) is 23.6 Å². The normalized spacial score (nSPS) is 11.0. The van der Waals surface area contributed by atoms with Crippen molar-refractivity contribution in [3.05, 3.63) is 42.2 Å². The molecule has 0 fully saturated rings. The van der Waals surface area contributed by atoms with Crippen molar-refractivity contribution in [1.82, 2.24) is 15.3 Å². The maximum absolute atomic E-state index is 5.33. The fourth-order valence-corrected chi connectivity index (χ4v) is 1.84. The Kier molecular flexibility index (Phi) is 5.12. The summed E-state index contributed by atoms with van der Waals surface area (Å²) in [5.74, 6) is 2.40. The molecule has 0 unspecified atom stereocenters. The van der Waals surface area contributed by atoms with Crippen LogP contribution in [0.3, 0.4) is 0 Å². The highest BCUT2D eigenvalue weighted by molar-refractivity contribution is 5.34. The van der Waals surface area contributed by atoms with Crippen LogP contribution in [0.15, 0.2) is 35.2 Å². The molecule has 2 aromatic heterocycles. The molecule has 2 rings (SSSR count). The summed E-state index contributed by atoms with van der Waals surface area (Å²) in [6, 6.07) is 3.84. The third kappa shape index (κ3) is 4.35. The van der Waals surface area contributed by atoms with Gasteiger partial charge in [-0.1, -0.05) is 13.8 Å². The van der Waals surface area contributed by atoms with Crippen molar-refractivity contribution in [1.29, 1.82) is 0 Å². The highest BCUT2D eigenvalue weighted by atomic mass is 16.3. The molecule has 5 nitrogen and oxygen atoms in total. The van der Waals surface area contributed by atoms with Crippen LogP contribution in [0.25, 0.3) is 0 Å². The van der Waals surface area contributed by atoms with E-state index in [-0.39, 0.29) is 0 Å². The molecular weight excluding hydrogens is 252 g/mol. The lowest BCUT2D eigenvalue weighted by molar-refractivity contribution is 0.506. The van der Waals surface area contributed by atoms with E-state index in [1.54, 1.807) is 12.5 Å². The molecule has 108 valence electrons. The lowest BCUT2D eigenvalue weighted by atomic mass is 10.2. The van der Waals surface area contributed by atoms with Gasteiger partial charge in [-0.15, -0.1) is 0 Å². The van der Waals surface area contributed by atoms with Crippen LogP contribution in [0.5, 0.6) is 0 Å². The second-order valence-corrected chi connectivity index (χ2v) is 5.33. The van der Waals surface area contributed by atoms with E-state index in [9.17, 15) is 0 Å². The molecule has 1 N–H and O–H groups in total. The first-order chi connectivity index (χ1) is 9.65. The maximum Gasteiger partial charge on any atom is 0.147 e. The van der Waals surface area contributed by atoms with E-state index in [0.717, 1.165) is 30.4 Å². The fourth-order valence-electron chi connectivity index (χ4n) is 1.84. The van der Waals surface area contributed by atoms with Gasteiger partial charge in [0.15, 0.2) is 0 Å². The van der Waals surface area contributed by atoms with E-state index in [1.165, 1.54) is 0 Å². The number of hydrogen-bond acceptors (Lipinski definition) is 5. The molecule has 5 heteroatoms. The molecule has 2 aromatic rings. The van der Waals surface area contributed by atoms with Gasteiger partial charge in [0.25, 0.3) is 0 Å². The van der Waals surface area contributed by atoms with Gasteiger partial charge >= 0.3 is 0 Å². The van der Waals surface area contributed by atoms with E-state index in [1.807, 2.05) is 30.3 Å². The SMILES string of the molecule is CC(C)CNCc1cnc(N(C)Cc2ccco2)cn1. The van der Waals surface area contributed by atoms with Gasteiger partial charge in [0, 0.05) is 13.6 Å². The third-order valence-corrected chi connectivity index (χ3v) is 2.91. The van der Waals surface area contributed by atoms with Crippen molar-refractivity contribution in [3.8, 4) is 0 Å². The van der Waals surface area contributed by atoms with Gasteiger partial charge in [-0.05, 0) is 24.6 Å². The lowest BCUT2D eigenvalue weighted by Crippen LogP contribution is -2.21. The Bertz CT molecular complexity index is 493. The van der Waals surface area contributed by atoms with Crippen molar-refractivity contribution in [2.24, 2.45) is 5.92 Å². The van der Waals surface area contributed by atoms with Gasteiger partial charge < -0.3 is 14.6 Å². The zero-order valence-corrected chi connectivity index (χ0v) is 12.3. The molecule has 0 aliphatic heterocycles. The molecule has 0 aromatic carbocycles. The molecule has 2 heterocycles. The minimum absolute atomic E-state index is 0.640. The summed E-state index contributed by atoms with van der Waals surface area (Å²) >= 11 is 0. The van der Waals surface area contributed by atoms with Crippen LogP contribution in [0.2, 0.25) is 0 Å². The Morgan fingerprint density at radius 1 is 1.30 bits per heavy atom. The Morgan fingerprint density at radius 2 is 2.15 bits per heavy atom. The summed E-state index contributed by atoms with van der Waals surface area (Å²) in [6.45, 7) is 6.80. The van der Waals surface area contributed by atoms with E-state index < -0.39 is 0 Å². The van der Waals surface area contributed by atoms with E-state index in [4.69, 9.17) is 4.42 Å². The number of aromatic nitrogens is 2. The first-order valence-corrected chi connectivity index (χ1v) is 6.90. The number of hydrogen-bond donors (Lipinski definition) is 1. The van der Waals surface area contributed by atoms with Crippen molar-refractivity contribution in [2.75, 3.05) is 18.5 Å². The summed E-state index contributed by atoms with van der Waals surface area (Å²) in [5.41, 5.74) is 0.959. The van der Waals surface area contributed by atoms with Crippen molar-refractivity contribution in [2.45, 2.75) is 26.9 Å². The fraction of sp³-hybridized carbons (Fsp3) is 0.467. The number of anilines is 1. The van der Waals surface area contributed by atoms with Crippen LogP contribution < -0.4 is 10.2 Å². The van der Waals surface area contributed by atoms with Gasteiger partial charge in [-0.3, -0.25) is 4.98 Å². The Morgan fingerprint density at radius 3 is 2.75 bits per heavy atom. The van der Waals surface area contributed by atoms with E-state index in [2.05, 4.69) is 29.1 Å². The quantitative estimate of drug-likeness (QED) is 0.840. The number of rotatable bonds is 7. The molecule has 20 heavy (non-hydrogen) atoms. The summed E-state index contributed by atoms with van der Waals surface area (Å²) in [7, 11) is 1.98. The lowest BCUT2D eigenvalue weighted by Gasteiger charge is -2.16. The second-order valence-electron chi connectivity index (χ2n) is 5.33.